The number of nitrogens with one attached hydrogen (secondary N) is 1. The molecule has 1 aromatic rings. The SMILES string of the molecule is C[C@@H]1O[C@H](Nc2ccccc2[N+](=O)[O-])[C@H](O)[C@H](O)[C@@H]1O. The average molecular weight is 284 g/mol. The summed E-state index contributed by atoms with van der Waals surface area (Å²) >= 11 is 0. The van der Waals surface area contributed by atoms with Crippen LogP contribution in [0.25, 0.3) is 0 Å². The van der Waals surface area contributed by atoms with Crippen LogP contribution in [0.1, 0.15) is 6.92 Å². The first-order valence-electron chi connectivity index (χ1n) is 6.11. The molecule has 0 aliphatic carbocycles. The Morgan fingerprint density at radius 2 is 1.85 bits per heavy atom. The molecule has 0 spiro atoms. The van der Waals surface area contributed by atoms with Crippen LogP contribution in [0.3, 0.4) is 0 Å². The number of para-hydroxylation sites is 2. The summed E-state index contributed by atoms with van der Waals surface area (Å²) in [6.45, 7) is 1.54. The highest BCUT2D eigenvalue weighted by Gasteiger charge is 2.42. The third kappa shape index (κ3) is 2.73. The van der Waals surface area contributed by atoms with Gasteiger partial charge in [-0.3, -0.25) is 10.1 Å². The van der Waals surface area contributed by atoms with Crippen molar-refractivity contribution in [2.75, 3.05) is 5.32 Å². The molecule has 1 fully saturated rings. The quantitative estimate of drug-likeness (QED) is 0.448. The Hall–Kier alpha value is -1.74. The van der Waals surface area contributed by atoms with E-state index in [1.165, 1.54) is 25.1 Å². The minimum atomic E-state index is -1.40. The van der Waals surface area contributed by atoms with Gasteiger partial charge < -0.3 is 25.4 Å². The molecule has 0 saturated carbocycles. The van der Waals surface area contributed by atoms with Crippen LogP contribution < -0.4 is 5.32 Å². The number of anilines is 1. The van der Waals surface area contributed by atoms with Crippen molar-refractivity contribution in [3.05, 3.63) is 34.4 Å². The van der Waals surface area contributed by atoms with Crippen LogP contribution in [0.5, 0.6) is 0 Å². The van der Waals surface area contributed by atoms with Crippen LogP contribution in [0.15, 0.2) is 24.3 Å². The minimum Gasteiger partial charge on any atom is -0.388 e. The molecule has 5 atom stereocenters. The van der Waals surface area contributed by atoms with Crippen molar-refractivity contribution >= 4 is 11.4 Å². The zero-order valence-corrected chi connectivity index (χ0v) is 10.7. The fourth-order valence-electron chi connectivity index (χ4n) is 2.08. The van der Waals surface area contributed by atoms with E-state index in [1.54, 1.807) is 6.07 Å². The van der Waals surface area contributed by atoms with Crippen LogP contribution in [-0.2, 0) is 4.74 Å². The maximum atomic E-state index is 10.9. The number of nitrogens with zero attached hydrogens (tertiary/aromatic N) is 1. The highest BCUT2D eigenvalue weighted by molar-refractivity contribution is 5.61. The molecule has 20 heavy (non-hydrogen) atoms. The summed E-state index contributed by atoms with van der Waals surface area (Å²) < 4.78 is 5.33. The van der Waals surface area contributed by atoms with Crippen LogP contribution >= 0.6 is 0 Å². The zero-order chi connectivity index (χ0) is 14.9. The normalized spacial score (nSPS) is 33.7. The molecule has 1 heterocycles. The lowest BCUT2D eigenvalue weighted by Gasteiger charge is -2.39. The lowest BCUT2D eigenvalue weighted by atomic mass is 9.99. The van der Waals surface area contributed by atoms with Gasteiger partial charge in [0.05, 0.1) is 11.0 Å². The molecule has 0 bridgehead atoms. The van der Waals surface area contributed by atoms with Gasteiger partial charge in [-0.15, -0.1) is 0 Å². The number of nitro groups is 1. The predicted octanol–water partition coefficient (Wildman–Crippen LogP) is -0.166. The van der Waals surface area contributed by atoms with Gasteiger partial charge in [0.15, 0.2) is 6.23 Å². The van der Waals surface area contributed by atoms with Crippen molar-refractivity contribution in [1.29, 1.82) is 0 Å². The Labute approximate surface area is 114 Å². The standard InChI is InChI=1S/C12H16N2O6/c1-6-9(15)10(16)11(17)12(20-6)13-7-4-2-3-5-8(7)14(18)19/h2-6,9-13,15-17H,1H3/t6-,9+,10+,11+,12-/m0/s1. The monoisotopic (exact) mass is 284 g/mol. The van der Waals surface area contributed by atoms with E-state index in [-0.39, 0.29) is 11.4 Å². The van der Waals surface area contributed by atoms with Crippen molar-refractivity contribution in [2.45, 2.75) is 37.6 Å². The number of ether oxygens (including phenoxy) is 1. The van der Waals surface area contributed by atoms with E-state index in [4.69, 9.17) is 4.74 Å². The van der Waals surface area contributed by atoms with E-state index in [0.717, 1.165) is 0 Å². The van der Waals surface area contributed by atoms with Gasteiger partial charge in [-0.2, -0.15) is 0 Å². The third-order valence-electron chi connectivity index (χ3n) is 3.25. The number of rotatable bonds is 3. The highest BCUT2D eigenvalue weighted by Crippen LogP contribution is 2.27. The smallest absolute Gasteiger partial charge is 0.292 e. The second kappa shape index (κ2) is 5.71. The largest absolute Gasteiger partial charge is 0.388 e. The van der Waals surface area contributed by atoms with Gasteiger partial charge in [-0.25, -0.2) is 0 Å². The fourth-order valence-corrected chi connectivity index (χ4v) is 2.08. The number of hydrogen-bond acceptors (Lipinski definition) is 7. The summed E-state index contributed by atoms with van der Waals surface area (Å²) in [5.74, 6) is 0. The lowest BCUT2D eigenvalue weighted by Crippen LogP contribution is -2.58. The maximum absolute atomic E-state index is 10.9. The molecule has 8 nitrogen and oxygen atoms in total. The summed E-state index contributed by atoms with van der Waals surface area (Å²) in [6, 6.07) is 5.89. The molecule has 1 saturated heterocycles. The van der Waals surface area contributed by atoms with Gasteiger partial charge in [-0.05, 0) is 13.0 Å². The molecular formula is C12H16N2O6. The van der Waals surface area contributed by atoms with E-state index < -0.39 is 35.6 Å². The van der Waals surface area contributed by atoms with Crippen molar-refractivity contribution in [3.8, 4) is 0 Å². The second-order valence-corrected chi connectivity index (χ2v) is 4.65. The van der Waals surface area contributed by atoms with E-state index >= 15 is 0 Å². The van der Waals surface area contributed by atoms with E-state index in [2.05, 4.69) is 5.32 Å². The Morgan fingerprint density at radius 3 is 2.50 bits per heavy atom. The van der Waals surface area contributed by atoms with Crippen molar-refractivity contribution in [1.82, 2.24) is 0 Å². The van der Waals surface area contributed by atoms with Crippen LogP contribution in [0, 0.1) is 10.1 Å². The first kappa shape index (κ1) is 14.7. The van der Waals surface area contributed by atoms with Gasteiger partial charge in [0.2, 0.25) is 0 Å². The molecular weight excluding hydrogens is 268 g/mol. The van der Waals surface area contributed by atoms with Gasteiger partial charge >= 0.3 is 0 Å². The summed E-state index contributed by atoms with van der Waals surface area (Å²) in [5, 5.41) is 42.7. The van der Waals surface area contributed by atoms with Crippen molar-refractivity contribution < 1.29 is 25.0 Å². The molecule has 1 aliphatic heterocycles. The molecule has 8 heteroatoms. The number of aliphatic hydroxyl groups is 3. The maximum Gasteiger partial charge on any atom is 0.292 e. The predicted molar refractivity (Wildman–Crippen MR) is 69.1 cm³/mol. The summed E-state index contributed by atoms with van der Waals surface area (Å²) in [6.07, 6.45) is -5.77. The molecule has 2 rings (SSSR count). The summed E-state index contributed by atoms with van der Waals surface area (Å²) in [5.41, 5.74) is -0.00564. The van der Waals surface area contributed by atoms with Gasteiger partial charge in [0.25, 0.3) is 5.69 Å². The van der Waals surface area contributed by atoms with Gasteiger partial charge in [0.1, 0.15) is 24.0 Å². The molecule has 0 radical (unpaired) electrons. The van der Waals surface area contributed by atoms with E-state index in [1.807, 2.05) is 0 Å². The van der Waals surface area contributed by atoms with Crippen LogP contribution in [-0.4, -0.2) is 50.9 Å². The fraction of sp³-hybridized carbons (Fsp3) is 0.500. The Kier molecular flexibility index (Phi) is 4.19. The van der Waals surface area contributed by atoms with Gasteiger partial charge in [-0.1, -0.05) is 12.1 Å². The molecule has 4 N–H and O–H groups in total. The molecule has 1 aromatic carbocycles. The first-order valence-corrected chi connectivity index (χ1v) is 6.11. The van der Waals surface area contributed by atoms with E-state index in [9.17, 15) is 25.4 Å². The summed E-state index contributed by atoms with van der Waals surface area (Å²) in [4.78, 5) is 10.3. The Balaban J connectivity index is 2.20. The summed E-state index contributed by atoms with van der Waals surface area (Å²) in [7, 11) is 0. The Bertz CT molecular complexity index is 497. The molecule has 0 aromatic heterocycles. The highest BCUT2D eigenvalue weighted by atomic mass is 16.6. The molecule has 0 unspecified atom stereocenters. The third-order valence-corrected chi connectivity index (χ3v) is 3.25. The first-order chi connectivity index (χ1) is 9.41. The van der Waals surface area contributed by atoms with Crippen LogP contribution in [0.4, 0.5) is 11.4 Å². The number of hydrogen-bond donors (Lipinski definition) is 4. The van der Waals surface area contributed by atoms with E-state index in [0.29, 0.717) is 0 Å². The number of nitro benzene ring substituents is 1. The Morgan fingerprint density at radius 1 is 1.20 bits per heavy atom. The van der Waals surface area contributed by atoms with Gasteiger partial charge in [0, 0.05) is 6.07 Å². The molecule has 1 aliphatic rings. The second-order valence-electron chi connectivity index (χ2n) is 4.65. The zero-order valence-electron chi connectivity index (χ0n) is 10.7. The van der Waals surface area contributed by atoms with Crippen molar-refractivity contribution in [2.24, 2.45) is 0 Å². The lowest BCUT2D eigenvalue weighted by molar-refractivity contribution is -0.384. The number of aliphatic hydroxyl groups excluding tert-OH is 3. The topological polar surface area (TPSA) is 125 Å². The number of benzene rings is 1. The average Bonchev–Trinajstić information content (AvgIpc) is 2.43. The minimum absolute atomic E-state index is 0.164. The molecule has 0 amide bonds. The molecule has 110 valence electrons. The van der Waals surface area contributed by atoms with Crippen molar-refractivity contribution in [3.63, 3.8) is 0 Å². The van der Waals surface area contributed by atoms with Crippen LogP contribution in [0.2, 0.25) is 0 Å².